The van der Waals surface area contributed by atoms with E-state index in [0.717, 1.165) is 28.0 Å². The molecule has 0 atom stereocenters. The first-order valence-electron chi connectivity index (χ1n) is 6.99. The molecule has 1 heterocycles. The second-order valence-electron chi connectivity index (χ2n) is 5.02. The Morgan fingerprint density at radius 2 is 1.78 bits per heavy atom. The van der Waals surface area contributed by atoms with Gasteiger partial charge < -0.3 is 10.1 Å². The second-order valence-corrected chi connectivity index (χ2v) is 5.02. The SMILES string of the molecule is COC(=O)c1ccc(Nc2cc(C)nc3ccccc23)cc1.Cl. The topological polar surface area (TPSA) is 51.2 Å². The van der Waals surface area contributed by atoms with Gasteiger partial charge in [-0.25, -0.2) is 4.79 Å². The second kappa shape index (κ2) is 7.11. The largest absolute Gasteiger partial charge is 0.465 e. The fourth-order valence-corrected chi connectivity index (χ4v) is 2.37. The summed E-state index contributed by atoms with van der Waals surface area (Å²) < 4.78 is 4.70. The third-order valence-corrected chi connectivity index (χ3v) is 3.43. The molecule has 0 aliphatic heterocycles. The average Bonchev–Trinajstić information content (AvgIpc) is 2.54. The standard InChI is InChI=1S/C18H16N2O2.ClH/c1-12-11-17(15-5-3-4-6-16(15)19-12)20-14-9-7-13(8-10-14)18(21)22-2;/h3-11H,1-2H3,(H,19,20);1H. The molecule has 118 valence electrons. The molecule has 5 heteroatoms. The van der Waals surface area contributed by atoms with Crippen molar-refractivity contribution >= 4 is 40.7 Å². The van der Waals surface area contributed by atoms with Crippen LogP contribution >= 0.6 is 12.4 Å². The number of aryl methyl sites for hydroxylation is 1. The van der Waals surface area contributed by atoms with Gasteiger partial charge in [0.05, 0.1) is 18.2 Å². The number of halogens is 1. The molecule has 0 saturated heterocycles. The fraction of sp³-hybridized carbons (Fsp3) is 0.111. The molecule has 0 amide bonds. The zero-order valence-corrected chi connectivity index (χ0v) is 13.7. The third-order valence-electron chi connectivity index (χ3n) is 3.43. The molecular weight excluding hydrogens is 312 g/mol. The van der Waals surface area contributed by atoms with Gasteiger partial charge in [-0.15, -0.1) is 12.4 Å². The van der Waals surface area contributed by atoms with Gasteiger partial charge in [0.1, 0.15) is 0 Å². The van der Waals surface area contributed by atoms with Gasteiger partial charge in [0, 0.05) is 22.5 Å². The molecule has 0 radical (unpaired) electrons. The number of esters is 1. The number of anilines is 2. The van der Waals surface area contributed by atoms with Crippen LogP contribution in [-0.4, -0.2) is 18.1 Å². The van der Waals surface area contributed by atoms with Crippen molar-refractivity contribution in [1.82, 2.24) is 4.98 Å². The van der Waals surface area contributed by atoms with Crippen molar-refractivity contribution in [2.75, 3.05) is 12.4 Å². The van der Waals surface area contributed by atoms with Crippen LogP contribution in [0.1, 0.15) is 16.1 Å². The van der Waals surface area contributed by atoms with E-state index in [-0.39, 0.29) is 18.4 Å². The van der Waals surface area contributed by atoms with E-state index >= 15 is 0 Å². The van der Waals surface area contributed by atoms with Gasteiger partial charge in [-0.1, -0.05) is 18.2 Å². The third kappa shape index (κ3) is 3.60. The van der Waals surface area contributed by atoms with Crippen molar-refractivity contribution < 1.29 is 9.53 Å². The summed E-state index contributed by atoms with van der Waals surface area (Å²) in [7, 11) is 1.38. The molecule has 0 saturated carbocycles. The predicted molar refractivity (Wildman–Crippen MR) is 94.8 cm³/mol. The van der Waals surface area contributed by atoms with Crippen LogP contribution in [0.25, 0.3) is 10.9 Å². The van der Waals surface area contributed by atoms with Crippen molar-refractivity contribution in [2.45, 2.75) is 6.92 Å². The molecule has 0 aliphatic carbocycles. The average molecular weight is 329 g/mol. The van der Waals surface area contributed by atoms with Crippen LogP contribution in [0.15, 0.2) is 54.6 Å². The van der Waals surface area contributed by atoms with E-state index in [1.165, 1.54) is 7.11 Å². The predicted octanol–water partition coefficient (Wildman–Crippen LogP) is 4.50. The molecule has 1 aromatic heterocycles. The van der Waals surface area contributed by atoms with Gasteiger partial charge in [0.25, 0.3) is 0 Å². The van der Waals surface area contributed by atoms with Crippen molar-refractivity contribution in [3.8, 4) is 0 Å². The number of methoxy groups -OCH3 is 1. The Morgan fingerprint density at radius 1 is 1.09 bits per heavy atom. The molecule has 0 spiro atoms. The lowest BCUT2D eigenvalue weighted by Gasteiger charge is -2.11. The van der Waals surface area contributed by atoms with Crippen molar-refractivity contribution in [2.24, 2.45) is 0 Å². The number of rotatable bonds is 3. The molecule has 3 aromatic rings. The molecule has 0 fully saturated rings. The van der Waals surface area contributed by atoms with Gasteiger partial charge >= 0.3 is 5.97 Å². The van der Waals surface area contributed by atoms with Crippen LogP contribution in [0.3, 0.4) is 0 Å². The molecule has 23 heavy (non-hydrogen) atoms. The van der Waals surface area contributed by atoms with Gasteiger partial charge in [-0.05, 0) is 43.3 Å². The Morgan fingerprint density at radius 3 is 2.48 bits per heavy atom. The number of nitrogens with one attached hydrogen (secondary N) is 1. The minimum Gasteiger partial charge on any atom is -0.465 e. The fourth-order valence-electron chi connectivity index (χ4n) is 2.37. The maximum Gasteiger partial charge on any atom is 0.337 e. The van der Waals surface area contributed by atoms with Crippen LogP contribution in [0.5, 0.6) is 0 Å². The summed E-state index contributed by atoms with van der Waals surface area (Å²) >= 11 is 0. The summed E-state index contributed by atoms with van der Waals surface area (Å²) in [4.78, 5) is 16.0. The molecule has 0 bridgehead atoms. The maximum atomic E-state index is 11.5. The van der Waals surface area contributed by atoms with Gasteiger partial charge in [0.2, 0.25) is 0 Å². The van der Waals surface area contributed by atoms with E-state index in [9.17, 15) is 4.79 Å². The summed E-state index contributed by atoms with van der Waals surface area (Å²) in [6.07, 6.45) is 0. The summed E-state index contributed by atoms with van der Waals surface area (Å²) in [6, 6.07) is 17.2. The van der Waals surface area contributed by atoms with E-state index in [4.69, 9.17) is 4.74 Å². The number of aromatic nitrogens is 1. The zero-order valence-electron chi connectivity index (χ0n) is 12.9. The Bertz CT molecular complexity index is 832. The summed E-state index contributed by atoms with van der Waals surface area (Å²) in [5.74, 6) is -0.336. The van der Waals surface area contributed by atoms with Crippen molar-refractivity contribution in [1.29, 1.82) is 0 Å². The maximum absolute atomic E-state index is 11.5. The first kappa shape index (κ1) is 16.8. The highest BCUT2D eigenvalue weighted by atomic mass is 35.5. The smallest absolute Gasteiger partial charge is 0.337 e. The molecule has 1 N–H and O–H groups in total. The molecular formula is C18H17ClN2O2. The Hall–Kier alpha value is -2.59. The Labute approximate surface area is 140 Å². The zero-order chi connectivity index (χ0) is 15.5. The van der Waals surface area contributed by atoms with E-state index in [0.29, 0.717) is 5.56 Å². The number of hydrogen-bond donors (Lipinski definition) is 1. The quantitative estimate of drug-likeness (QED) is 0.719. The monoisotopic (exact) mass is 328 g/mol. The summed E-state index contributed by atoms with van der Waals surface area (Å²) in [6.45, 7) is 1.97. The number of ether oxygens (including phenoxy) is 1. The molecule has 4 nitrogen and oxygen atoms in total. The number of benzene rings is 2. The molecule has 0 unspecified atom stereocenters. The van der Waals surface area contributed by atoms with E-state index in [1.807, 2.05) is 49.4 Å². The minimum atomic E-state index is -0.336. The number of para-hydroxylation sites is 1. The first-order valence-corrected chi connectivity index (χ1v) is 6.99. The number of carbonyl (C=O) groups is 1. The first-order chi connectivity index (χ1) is 10.7. The van der Waals surface area contributed by atoms with Crippen molar-refractivity contribution in [3.63, 3.8) is 0 Å². The van der Waals surface area contributed by atoms with E-state index < -0.39 is 0 Å². The summed E-state index contributed by atoms with van der Waals surface area (Å²) in [5, 5.41) is 4.44. The van der Waals surface area contributed by atoms with Gasteiger partial charge in [-0.2, -0.15) is 0 Å². The van der Waals surface area contributed by atoms with E-state index in [2.05, 4.69) is 10.3 Å². The van der Waals surface area contributed by atoms with Crippen LogP contribution in [0, 0.1) is 6.92 Å². The lowest BCUT2D eigenvalue weighted by atomic mass is 10.1. The van der Waals surface area contributed by atoms with Crippen LogP contribution in [0.2, 0.25) is 0 Å². The Kier molecular flexibility index (Phi) is 5.19. The summed E-state index contributed by atoms with van der Waals surface area (Å²) in [5.41, 5.74) is 4.34. The number of pyridine rings is 1. The Balaban J connectivity index is 0.00000192. The highest BCUT2D eigenvalue weighted by Gasteiger charge is 2.06. The van der Waals surface area contributed by atoms with Crippen LogP contribution in [0.4, 0.5) is 11.4 Å². The molecule has 3 rings (SSSR count). The number of fused-ring (bicyclic) bond motifs is 1. The normalized spacial score (nSPS) is 10.0. The highest BCUT2D eigenvalue weighted by Crippen LogP contribution is 2.26. The van der Waals surface area contributed by atoms with E-state index in [1.54, 1.807) is 12.1 Å². The van der Waals surface area contributed by atoms with Gasteiger partial charge in [-0.3, -0.25) is 4.98 Å². The van der Waals surface area contributed by atoms with Gasteiger partial charge in [0.15, 0.2) is 0 Å². The lowest BCUT2D eigenvalue weighted by molar-refractivity contribution is 0.0601. The van der Waals surface area contributed by atoms with Crippen LogP contribution in [-0.2, 0) is 4.74 Å². The highest BCUT2D eigenvalue weighted by molar-refractivity contribution is 5.94. The number of nitrogens with zero attached hydrogens (tertiary/aromatic N) is 1. The molecule has 2 aromatic carbocycles. The van der Waals surface area contributed by atoms with Crippen molar-refractivity contribution in [3.05, 3.63) is 65.9 Å². The number of hydrogen-bond acceptors (Lipinski definition) is 4. The number of carbonyl (C=O) groups excluding carboxylic acids is 1. The molecule has 0 aliphatic rings. The minimum absolute atomic E-state index is 0. The van der Waals surface area contributed by atoms with Crippen LogP contribution < -0.4 is 5.32 Å². The lowest BCUT2D eigenvalue weighted by Crippen LogP contribution is -2.01.